The van der Waals surface area contributed by atoms with Crippen molar-refractivity contribution < 1.29 is 0 Å². The first-order chi connectivity index (χ1) is 5.84. The fourth-order valence-electron chi connectivity index (χ4n) is 1.31. The summed E-state index contributed by atoms with van der Waals surface area (Å²) in [6, 6.07) is 10.7. The molecule has 0 saturated carbocycles. The number of hydrogen-bond acceptors (Lipinski definition) is 1. The van der Waals surface area contributed by atoms with E-state index < -0.39 is 0 Å². The smallest absolute Gasteiger partial charge is 0.00462 e. The lowest BCUT2D eigenvalue weighted by atomic mass is 9.98. The van der Waals surface area contributed by atoms with Crippen LogP contribution in [-0.2, 0) is 0 Å². The Morgan fingerprint density at radius 3 is 2.38 bits per heavy atom. The van der Waals surface area contributed by atoms with E-state index in [0.29, 0.717) is 5.92 Å². The number of nitrogens with one attached hydrogen (secondary N) is 1. The monoisotopic (exact) mass is 199 g/mol. The Labute approximate surface area is 87.0 Å². The minimum atomic E-state index is 0. The lowest BCUT2D eigenvalue weighted by molar-refractivity contribution is 0.636. The second-order valence-corrected chi connectivity index (χ2v) is 3.20. The first kappa shape index (κ1) is 12.5. The van der Waals surface area contributed by atoms with E-state index in [1.807, 2.05) is 7.05 Å². The van der Waals surface area contributed by atoms with Gasteiger partial charge in [-0.3, -0.25) is 0 Å². The minimum Gasteiger partial charge on any atom is -0.320 e. The summed E-state index contributed by atoms with van der Waals surface area (Å²) in [5.74, 6) is 0.665. The van der Waals surface area contributed by atoms with Crippen LogP contribution in [0.3, 0.4) is 0 Å². The van der Waals surface area contributed by atoms with Crippen molar-refractivity contribution in [2.75, 3.05) is 13.6 Å². The van der Waals surface area contributed by atoms with E-state index in [-0.39, 0.29) is 12.4 Å². The van der Waals surface area contributed by atoms with Crippen LogP contribution in [0.2, 0.25) is 0 Å². The predicted octanol–water partition coefficient (Wildman–Crippen LogP) is 2.82. The molecule has 0 aliphatic heterocycles. The fourth-order valence-corrected chi connectivity index (χ4v) is 1.31. The van der Waals surface area contributed by atoms with Crippen molar-refractivity contribution in [3.8, 4) is 0 Å². The third kappa shape index (κ3) is 4.30. The van der Waals surface area contributed by atoms with Crippen molar-refractivity contribution >= 4 is 12.4 Å². The van der Waals surface area contributed by atoms with Crippen molar-refractivity contribution in [1.29, 1.82) is 0 Å². The van der Waals surface area contributed by atoms with Gasteiger partial charge in [0, 0.05) is 0 Å². The van der Waals surface area contributed by atoms with Crippen molar-refractivity contribution in [2.45, 2.75) is 19.3 Å². The van der Waals surface area contributed by atoms with Gasteiger partial charge in [0.1, 0.15) is 0 Å². The van der Waals surface area contributed by atoms with Crippen molar-refractivity contribution in [1.82, 2.24) is 5.32 Å². The first-order valence-electron chi connectivity index (χ1n) is 4.54. The number of halogens is 1. The normalized spacial score (nSPS) is 11.8. The summed E-state index contributed by atoms with van der Waals surface area (Å²) in [7, 11) is 2.00. The highest BCUT2D eigenvalue weighted by Gasteiger charge is 2.02. The molecule has 0 radical (unpaired) electrons. The Morgan fingerprint density at radius 2 is 1.85 bits per heavy atom. The quantitative estimate of drug-likeness (QED) is 0.787. The van der Waals surface area contributed by atoms with Gasteiger partial charge in [-0.25, -0.2) is 0 Å². The van der Waals surface area contributed by atoms with Gasteiger partial charge >= 0.3 is 0 Å². The molecule has 0 aliphatic carbocycles. The maximum Gasteiger partial charge on any atom is -0.00462 e. The Hall–Kier alpha value is -0.530. The average molecular weight is 200 g/mol. The van der Waals surface area contributed by atoms with Gasteiger partial charge in [0.15, 0.2) is 0 Å². The largest absolute Gasteiger partial charge is 0.320 e. The van der Waals surface area contributed by atoms with E-state index in [2.05, 4.69) is 42.6 Å². The lowest BCUT2D eigenvalue weighted by Crippen LogP contribution is -2.10. The molecule has 0 amide bonds. The molecule has 1 nitrogen and oxygen atoms in total. The highest BCUT2D eigenvalue weighted by molar-refractivity contribution is 5.85. The molecule has 1 aromatic rings. The van der Waals surface area contributed by atoms with Crippen LogP contribution >= 0.6 is 12.4 Å². The second-order valence-electron chi connectivity index (χ2n) is 3.20. The van der Waals surface area contributed by atoms with E-state index in [1.54, 1.807) is 0 Å². The van der Waals surface area contributed by atoms with Crippen molar-refractivity contribution in [2.24, 2.45) is 0 Å². The Bertz CT molecular complexity index is 211. The van der Waals surface area contributed by atoms with Gasteiger partial charge in [0.2, 0.25) is 0 Å². The van der Waals surface area contributed by atoms with Crippen LogP contribution in [0.5, 0.6) is 0 Å². The molecule has 2 heteroatoms. The third-order valence-electron chi connectivity index (χ3n) is 2.20. The van der Waals surface area contributed by atoms with Crippen LogP contribution in [0.15, 0.2) is 30.3 Å². The van der Waals surface area contributed by atoms with Gasteiger partial charge in [0.05, 0.1) is 0 Å². The van der Waals surface area contributed by atoms with E-state index in [4.69, 9.17) is 0 Å². The molecule has 1 N–H and O–H groups in total. The molecule has 74 valence electrons. The van der Waals surface area contributed by atoms with Crippen molar-refractivity contribution in [3.05, 3.63) is 35.9 Å². The maximum atomic E-state index is 3.17. The summed E-state index contributed by atoms with van der Waals surface area (Å²) >= 11 is 0. The summed E-state index contributed by atoms with van der Waals surface area (Å²) in [4.78, 5) is 0. The van der Waals surface area contributed by atoms with Gasteiger partial charge in [-0.15, -0.1) is 12.4 Å². The summed E-state index contributed by atoms with van der Waals surface area (Å²) in [5, 5.41) is 3.17. The molecule has 0 fully saturated rings. The number of rotatable bonds is 4. The average Bonchev–Trinajstić information content (AvgIpc) is 2.15. The van der Waals surface area contributed by atoms with Crippen LogP contribution in [0.25, 0.3) is 0 Å². The lowest BCUT2D eigenvalue weighted by Gasteiger charge is -2.10. The molecular weight excluding hydrogens is 182 g/mol. The van der Waals surface area contributed by atoms with Gasteiger partial charge in [0.25, 0.3) is 0 Å². The SMILES string of the molecule is CNCCC(C)c1ccccc1.Cl. The molecule has 1 aromatic carbocycles. The summed E-state index contributed by atoms with van der Waals surface area (Å²) < 4.78 is 0. The topological polar surface area (TPSA) is 12.0 Å². The van der Waals surface area contributed by atoms with E-state index in [1.165, 1.54) is 12.0 Å². The third-order valence-corrected chi connectivity index (χ3v) is 2.20. The molecule has 1 atom stereocenters. The standard InChI is InChI=1S/C11H17N.ClH/c1-10(8-9-12-2)11-6-4-3-5-7-11;/h3-7,10,12H,8-9H2,1-2H3;1H. The summed E-state index contributed by atoms with van der Waals surface area (Å²) in [6.45, 7) is 3.36. The fraction of sp³-hybridized carbons (Fsp3) is 0.455. The molecule has 1 rings (SSSR count). The predicted molar refractivity (Wildman–Crippen MR) is 60.6 cm³/mol. The molecule has 0 spiro atoms. The zero-order valence-corrected chi connectivity index (χ0v) is 9.10. The highest BCUT2D eigenvalue weighted by Crippen LogP contribution is 2.17. The van der Waals surface area contributed by atoms with Crippen LogP contribution in [0.1, 0.15) is 24.8 Å². The molecule has 0 bridgehead atoms. The first-order valence-corrected chi connectivity index (χ1v) is 4.54. The van der Waals surface area contributed by atoms with Crippen LogP contribution in [-0.4, -0.2) is 13.6 Å². The molecule has 0 aliphatic rings. The highest BCUT2D eigenvalue weighted by atomic mass is 35.5. The molecule has 0 heterocycles. The summed E-state index contributed by atoms with van der Waals surface area (Å²) in [6.07, 6.45) is 1.21. The maximum absolute atomic E-state index is 3.17. The molecule has 13 heavy (non-hydrogen) atoms. The Kier molecular flexibility index (Phi) is 6.65. The van der Waals surface area contributed by atoms with Gasteiger partial charge in [-0.1, -0.05) is 37.3 Å². The van der Waals surface area contributed by atoms with Gasteiger partial charge in [-0.05, 0) is 31.5 Å². The van der Waals surface area contributed by atoms with E-state index in [0.717, 1.165) is 6.54 Å². The minimum absolute atomic E-state index is 0. The van der Waals surface area contributed by atoms with Gasteiger partial charge in [-0.2, -0.15) is 0 Å². The van der Waals surface area contributed by atoms with Gasteiger partial charge < -0.3 is 5.32 Å². The molecule has 0 aromatic heterocycles. The van der Waals surface area contributed by atoms with Crippen LogP contribution < -0.4 is 5.32 Å². The Morgan fingerprint density at radius 1 is 1.23 bits per heavy atom. The van der Waals surface area contributed by atoms with Crippen molar-refractivity contribution in [3.63, 3.8) is 0 Å². The van der Waals surface area contributed by atoms with E-state index >= 15 is 0 Å². The van der Waals surface area contributed by atoms with E-state index in [9.17, 15) is 0 Å². The molecular formula is C11H18ClN. The number of hydrogen-bond donors (Lipinski definition) is 1. The molecule has 0 saturated heterocycles. The Balaban J connectivity index is 0.00000144. The zero-order chi connectivity index (χ0) is 8.81. The van der Waals surface area contributed by atoms with Crippen LogP contribution in [0, 0.1) is 0 Å². The molecule has 1 unspecified atom stereocenters. The zero-order valence-electron chi connectivity index (χ0n) is 8.29. The van der Waals surface area contributed by atoms with Crippen LogP contribution in [0.4, 0.5) is 0 Å². The number of benzene rings is 1. The second kappa shape index (κ2) is 6.93. The summed E-state index contributed by atoms with van der Waals surface area (Å²) in [5.41, 5.74) is 1.44.